The molecule has 1 saturated heterocycles. The van der Waals surface area contributed by atoms with Crippen LogP contribution in [0.4, 0.5) is 4.79 Å². The Labute approximate surface area is 102 Å². The molecule has 0 spiro atoms. The van der Waals surface area contributed by atoms with Crippen molar-refractivity contribution < 1.29 is 14.3 Å². The van der Waals surface area contributed by atoms with E-state index < -0.39 is 6.09 Å². The van der Waals surface area contributed by atoms with Crippen LogP contribution < -0.4 is 0 Å². The molecule has 1 heterocycles. The second-order valence-electron chi connectivity index (χ2n) is 5.00. The van der Waals surface area contributed by atoms with Crippen molar-refractivity contribution in [1.82, 2.24) is 4.90 Å². The standard InChI is InChI=1S/C13H21NO3/c15-12-9-6-10-14(12)13(16)17-11-7-4-2-1-3-5-8-11/h11H,1-10H2. The first-order valence-electron chi connectivity index (χ1n) is 6.78. The van der Waals surface area contributed by atoms with Gasteiger partial charge in [0.15, 0.2) is 0 Å². The Hall–Kier alpha value is -1.06. The molecule has 1 aliphatic carbocycles. The average molecular weight is 239 g/mol. The Morgan fingerprint density at radius 2 is 1.71 bits per heavy atom. The predicted octanol–water partition coefficient (Wildman–Crippen LogP) is 2.86. The second kappa shape index (κ2) is 6.03. The minimum atomic E-state index is -0.418. The minimum absolute atomic E-state index is 0.0243. The van der Waals surface area contributed by atoms with Crippen molar-refractivity contribution in [2.45, 2.75) is 63.9 Å². The van der Waals surface area contributed by atoms with Crippen molar-refractivity contribution in [1.29, 1.82) is 0 Å². The fraction of sp³-hybridized carbons (Fsp3) is 0.846. The van der Waals surface area contributed by atoms with Gasteiger partial charge < -0.3 is 4.74 Å². The van der Waals surface area contributed by atoms with Gasteiger partial charge in [-0.05, 0) is 32.1 Å². The summed E-state index contributed by atoms with van der Waals surface area (Å²) in [6.07, 6.45) is 8.80. The molecule has 0 unspecified atom stereocenters. The third kappa shape index (κ3) is 3.45. The molecule has 0 aromatic carbocycles. The van der Waals surface area contributed by atoms with Gasteiger partial charge >= 0.3 is 6.09 Å². The highest BCUT2D eigenvalue weighted by molar-refractivity contribution is 5.93. The number of rotatable bonds is 1. The van der Waals surface area contributed by atoms with Gasteiger partial charge in [0.2, 0.25) is 5.91 Å². The number of hydrogen-bond donors (Lipinski definition) is 0. The van der Waals surface area contributed by atoms with Gasteiger partial charge in [0, 0.05) is 13.0 Å². The molecule has 0 aromatic rings. The van der Waals surface area contributed by atoms with Crippen molar-refractivity contribution in [2.24, 2.45) is 0 Å². The third-order valence-electron chi connectivity index (χ3n) is 3.61. The lowest BCUT2D eigenvalue weighted by molar-refractivity contribution is -0.126. The average Bonchev–Trinajstić information content (AvgIpc) is 2.68. The van der Waals surface area contributed by atoms with E-state index in [0.717, 1.165) is 32.1 Å². The van der Waals surface area contributed by atoms with Gasteiger partial charge in [-0.15, -0.1) is 0 Å². The number of amides is 2. The first-order valence-corrected chi connectivity index (χ1v) is 6.78. The molecule has 0 atom stereocenters. The number of likely N-dealkylation sites (tertiary alicyclic amines) is 1. The van der Waals surface area contributed by atoms with E-state index in [-0.39, 0.29) is 12.0 Å². The molecule has 0 aromatic heterocycles. The van der Waals surface area contributed by atoms with Gasteiger partial charge in [-0.1, -0.05) is 19.3 Å². The number of nitrogens with zero attached hydrogens (tertiary/aromatic N) is 1. The first-order chi connectivity index (χ1) is 8.27. The summed E-state index contributed by atoms with van der Waals surface area (Å²) in [7, 11) is 0. The molecule has 1 saturated carbocycles. The summed E-state index contributed by atoms with van der Waals surface area (Å²) in [6.45, 7) is 0.532. The highest BCUT2D eigenvalue weighted by Gasteiger charge is 2.29. The summed E-state index contributed by atoms with van der Waals surface area (Å²) >= 11 is 0. The Kier molecular flexibility index (Phi) is 4.40. The van der Waals surface area contributed by atoms with Crippen LogP contribution in [0.1, 0.15) is 57.8 Å². The van der Waals surface area contributed by atoms with Gasteiger partial charge in [-0.2, -0.15) is 0 Å². The quantitative estimate of drug-likeness (QED) is 0.707. The zero-order valence-corrected chi connectivity index (χ0v) is 10.3. The molecule has 2 rings (SSSR count). The van der Waals surface area contributed by atoms with Crippen LogP contribution in [0, 0.1) is 0 Å². The van der Waals surface area contributed by atoms with E-state index in [1.165, 1.54) is 24.2 Å². The Morgan fingerprint density at radius 3 is 2.29 bits per heavy atom. The van der Waals surface area contributed by atoms with Crippen molar-refractivity contribution in [3.05, 3.63) is 0 Å². The Morgan fingerprint density at radius 1 is 1.06 bits per heavy atom. The summed E-state index contributed by atoms with van der Waals surface area (Å²) in [5.41, 5.74) is 0. The molecule has 2 amide bonds. The highest BCUT2D eigenvalue weighted by atomic mass is 16.6. The largest absolute Gasteiger partial charge is 0.446 e. The molecule has 2 aliphatic rings. The molecular weight excluding hydrogens is 218 g/mol. The molecule has 17 heavy (non-hydrogen) atoms. The number of hydrogen-bond acceptors (Lipinski definition) is 3. The van der Waals surface area contributed by atoms with Crippen molar-refractivity contribution >= 4 is 12.0 Å². The van der Waals surface area contributed by atoms with E-state index in [0.29, 0.717) is 13.0 Å². The van der Waals surface area contributed by atoms with Crippen LogP contribution in [0.3, 0.4) is 0 Å². The lowest BCUT2D eigenvalue weighted by Crippen LogP contribution is -2.35. The lowest BCUT2D eigenvalue weighted by Gasteiger charge is -2.22. The number of ether oxygens (including phenoxy) is 1. The molecule has 0 bridgehead atoms. The molecule has 0 radical (unpaired) electrons. The Bertz CT molecular complexity index is 282. The number of carbonyl (C=O) groups is 2. The van der Waals surface area contributed by atoms with Crippen LogP contribution >= 0.6 is 0 Å². The molecule has 4 nitrogen and oxygen atoms in total. The van der Waals surface area contributed by atoms with Crippen LogP contribution in [0.15, 0.2) is 0 Å². The zero-order valence-electron chi connectivity index (χ0n) is 10.3. The van der Waals surface area contributed by atoms with E-state index in [4.69, 9.17) is 4.74 Å². The number of imide groups is 1. The van der Waals surface area contributed by atoms with Crippen LogP contribution in [0.25, 0.3) is 0 Å². The molecule has 4 heteroatoms. The fourth-order valence-electron chi connectivity index (χ4n) is 2.58. The van der Waals surface area contributed by atoms with Gasteiger partial charge in [0.1, 0.15) is 6.10 Å². The maximum atomic E-state index is 11.8. The molecule has 96 valence electrons. The van der Waals surface area contributed by atoms with Gasteiger partial charge in [0.25, 0.3) is 0 Å². The summed E-state index contributed by atoms with van der Waals surface area (Å²) < 4.78 is 5.45. The summed E-state index contributed by atoms with van der Waals surface area (Å²) in [5, 5.41) is 0. The van der Waals surface area contributed by atoms with Gasteiger partial charge in [-0.3, -0.25) is 4.79 Å². The van der Waals surface area contributed by atoms with E-state index in [1.807, 2.05) is 0 Å². The fourth-order valence-corrected chi connectivity index (χ4v) is 2.58. The van der Waals surface area contributed by atoms with Crippen LogP contribution in [0.5, 0.6) is 0 Å². The zero-order chi connectivity index (χ0) is 12.1. The van der Waals surface area contributed by atoms with E-state index in [9.17, 15) is 9.59 Å². The molecule has 0 N–H and O–H groups in total. The van der Waals surface area contributed by atoms with E-state index in [1.54, 1.807) is 0 Å². The monoisotopic (exact) mass is 239 g/mol. The second-order valence-corrected chi connectivity index (χ2v) is 5.00. The summed E-state index contributed by atoms with van der Waals surface area (Å²) in [6, 6.07) is 0. The summed E-state index contributed by atoms with van der Waals surface area (Å²) in [5.74, 6) is -0.0826. The number of carbonyl (C=O) groups excluding carboxylic acids is 2. The van der Waals surface area contributed by atoms with Crippen LogP contribution in [-0.4, -0.2) is 29.5 Å². The SMILES string of the molecule is O=C1CCCN1C(=O)OC1CCCCCCC1. The first kappa shape index (κ1) is 12.4. The predicted molar refractivity (Wildman–Crippen MR) is 63.5 cm³/mol. The smallest absolute Gasteiger partial charge is 0.416 e. The maximum absolute atomic E-state index is 11.8. The summed E-state index contributed by atoms with van der Waals surface area (Å²) in [4.78, 5) is 24.5. The Balaban J connectivity index is 1.81. The van der Waals surface area contributed by atoms with E-state index >= 15 is 0 Å². The van der Waals surface area contributed by atoms with Crippen LogP contribution in [0.2, 0.25) is 0 Å². The normalized spacial score (nSPS) is 23.3. The molecule has 2 fully saturated rings. The van der Waals surface area contributed by atoms with Crippen molar-refractivity contribution in [2.75, 3.05) is 6.54 Å². The van der Waals surface area contributed by atoms with Crippen LogP contribution in [-0.2, 0) is 9.53 Å². The lowest BCUT2D eigenvalue weighted by atomic mass is 9.99. The molecular formula is C13H21NO3. The van der Waals surface area contributed by atoms with Gasteiger partial charge in [0.05, 0.1) is 0 Å². The van der Waals surface area contributed by atoms with Crippen molar-refractivity contribution in [3.8, 4) is 0 Å². The van der Waals surface area contributed by atoms with Gasteiger partial charge in [-0.25, -0.2) is 9.69 Å². The molecule has 1 aliphatic heterocycles. The third-order valence-corrected chi connectivity index (χ3v) is 3.61. The van der Waals surface area contributed by atoms with E-state index in [2.05, 4.69) is 0 Å². The topological polar surface area (TPSA) is 46.6 Å². The minimum Gasteiger partial charge on any atom is -0.446 e. The highest BCUT2D eigenvalue weighted by Crippen LogP contribution is 2.21. The van der Waals surface area contributed by atoms with Crippen molar-refractivity contribution in [3.63, 3.8) is 0 Å². The maximum Gasteiger partial charge on any atom is 0.416 e.